The second-order valence-corrected chi connectivity index (χ2v) is 3.17. The van der Waals surface area contributed by atoms with Crippen LogP contribution in [0.5, 0.6) is 5.75 Å². The molecule has 0 amide bonds. The minimum absolute atomic E-state index is 0.0718. The number of alkyl halides is 2. The van der Waals surface area contributed by atoms with Crippen molar-refractivity contribution in [2.45, 2.75) is 26.0 Å². The fourth-order valence-corrected chi connectivity index (χ4v) is 1.23. The van der Waals surface area contributed by atoms with Crippen LogP contribution in [0.1, 0.15) is 12.5 Å². The molecule has 0 radical (unpaired) electrons. The number of hydrogen-bond acceptors (Lipinski definition) is 2. The summed E-state index contributed by atoms with van der Waals surface area (Å²) in [5.74, 6) is 0.208. The summed E-state index contributed by atoms with van der Waals surface area (Å²) < 4.78 is 28.3. The average Bonchev–Trinajstić information content (AvgIpc) is 2.06. The molecule has 0 aliphatic heterocycles. The topological polar surface area (TPSA) is 35.2 Å². The minimum atomic E-state index is -2.79. The van der Waals surface area contributed by atoms with E-state index in [1.165, 1.54) is 6.07 Å². The normalized spacial score (nSPS) is 12.9. The Labute approximate surface area is 81.7 Å². The Morgan fingerprint density at radius 1 is 1.36 bits per heavy atom. The molecule has 1 atom stereocenters. The first-order valence-electron chi connectivity index (χ1n) is 4.38. The molecule has 0 saturated carbocycles. The Morgan fingerprint density at radius 2 is 2.00 bits per heavy atom. The van der Waals surface area contributed by atoms with Crippen LogP contribution in [0, 0.1) is 0 Å². The van der Waals surface area contributed by atoms with Gasteiger partial charge in [-0.1, -0.05) is 18.2 Å². The van der Waals surface area contributed by atoms with Gasteiger partial charge in [-0.3, -0.25) is 0 Å². The molecule has 0 bridgehead atoms. The van der Waals surface area contributed by atoms with E-state index in [2.05, 4.69) is 4.74 Å². The Hall–Kier alpha value is -1.16. The van der Waals surface area contributed by atoms with Gasteiger partial charge in [-0.2, -0.15) is 8.78 Å². The molecule has 0 aromatic heterocycles. The molecule has 0 fully saturated rings. The monoisotopic (exact) mass is 201 g/mol. The van der Waals surface area contributed by atoms with Gasteiger partial charge >= 0.3 is 6.61 Å². The van der Waals surface area contributed by atoms with Gasteiger partial charge in [-0.25, -0.2) is 0 Å². The van der Waals surface area contributed by atoms with Crippen molar-refractivity contribution in [3.8, 4) is 5.75 Å². The van der Waals surface area contributed by atoms with E-state index in [0.717, 1.165) is 0 Å². The van der Waals surface area contributed by atoms with Gasteiger partial charge < -0.3 is 10.5 Å². The van der Waals surface area contributed by atoms with Crippen LogP contribution in [0.25, 0.3) is 0 Å². The highest BCUT2D eigenvalue weighted by atomic mass is 19.3. The molecule has 4 heteroatoms. The molecule has 0 aliphatic carbocycles. The molecule has 0 unspecified atom stereocenters. The van der Waals surface area contributed by atoms with Crippen molar-refractivity contribution >= 4 is 0 Å². The van der Waals surface area contributed by atoms with Gasteiger partial charge in [-0.15, -0.1) is 0 Å². The van der Waals surface area contributed by atoms with Crippen molar-refractivity contribution in [3.63, 3.8) is 0 Å². The van der Waals surface area contributed by atoms with E-state index in [0.29, 0.717) is 12.0 Å². The molecule has 1 aromatic carbocycles. The van der Waals surface area contributed by atoms with E-state index in [1.807, 2.05) is 6.92 Å². The fourth-order valence-electron chi connectivity index (χ4n) is 1.23. The second-order valence-electron chi connectivity index (χ2n) is 3.17. The van der Waals surface area contributed by atoms with Crippen molar-refractivity contribution in [2.24, 2.45) is 5.73 Å². The Morgan fingerprint density at radius 3 is 2.57 bits per heavy atom. The van der Waals surface area contributed by atoms with E-state index in [-0.39, 0.29) is 11.8 Å². The summed E-state index contributed by atoms with van der Waals surface area (Å²) in [4.78, 5) is 0. The first-order valence-corrected chi connectivity index (χ1v) is 4.38. The van der Waals surface area contributed by atoms with Gasteiger partial charge in [0, 0.05) is 6.04 Å². The first kappa shape index (κ1) is 10.9. The second kappa shape index (κ2) is 4.91. The lowest BCUT2D eigenvalue weighted by molar-refractivity contribution is -0.0504. The molecular weight excluding hydrogens is 188 g/mol. The number of para-hydroxylation sites is 1. The summed E-state index contributed by atoms with van der Waals surface area (Å²) in [6, 6.07) is 6.61. The number of hydrogen-bond donors (Lipinski definition) is 1. The zero-order valence-corrected chi connectivity index (χ0v) is 7.91. The number of nitrogens with two attached hydrogens (primary N) is 1. The van der Waals surface area contributed by atoms with Gasteiger partial charge in [0.2, 0.25) is 0 Å². The van der Waals surface area contributed by atoms with E-state index in [4.69, 9.17) is 5.73 Å². The lowest BCUT2D eigenvalue weighted by Crippen LogP contribution is -2.18. The maximum Gasteiger partial charge on any atom is 0.387 e. The maximum atomic E-state index is 12.0. The van der Waals surface area contributed by atoms with Gasteiger partial charge in [0.15, 0.2) is 0 Å². The minimum Gasteiger partial charge on any atom is -0.435 e. The molecule has 1 rings (SSSR count). The van der Waals surface area contributed by atoms with Crippen molar-refractivity contribution < 1.29 is 13.5 Å². The maximum absolute atomic E-state index is 12.0. The smallest absolute Gasteiger partial charge is 0.387 e. The third-order valence-corrected chi connectivity index (χ3v) is 1.73. The van der Waals surface area contributed by atoms with Crippen LogP contribution in [0.4, 0.5) is 8.78 Å². The van der Waals surface area contributed by atoms with Gasteiger partial charge in [0.25, 0.3) is 0 Å². The Kier molecular flexibility index (Phi) is 3.83. The van der Waals surface area contributed by atoms with Crippen LogP contribution in [0.3, 0.4) is 0 Å². The van der Waals surface area contributed by atoms with E-state index < -0.39 is 6.61 Å². The molecule has 0 saturated heterocycles. The summed E-state index contributed by atoms with van der Waals surface area (Å²) in [7, 11) is 0. The highest BCUT2D eigenvalue weighted by molar-refractivity contribution is 5.33. The molecule has 14 heavy (non-hydrogen) atoms. The third kappa shape index (κ3) is 3.30. The molecule has 1 aromatic rings. The largest absolute Gasteiger partial charge is 0.435 e. The average molecular weight is 201 g/mol. The summed E-state index contributed by atoms with van der Waals surface area (Å²) in [5.41, 5.74) is 6.29. The van der Waals surface area contributed by atoms with E-state index in [9.17, 15) is 8.78 Å². The summed E-state index contributed by atoms with van der Waals surface area (Å²) >= 11 is 0. The van der Waals surface area contributed by atoms with Gasteiger partial charge in [-0.05, 0) is 25.0 Å². The summed E-state index contributed by atoms with van der Waals surface area (Å²) in [5, 5.41) is 0. The van der Waals surface area contributed by atoms with Crippen LogP contribution < -0.4 is 10.5 Å². The Balaban J connectivity index is 2.80. The predicted molar refractivity (Wildman–Crippen MR) is 50.4 cm³/mol. The van der Waals surface area contributed by atoms with Crippen LogP contribution in [-0.4, -0.2) is 12.7 Å². The third-order valence-electron chi connectivity index (χ3n) is 1.73. The molecule has 2 N–H and O–H groups in total. The van der Waals surface area contributed by atoms with Crippen molar-refractivity contribution in [2.75, 3.05) is 0 Å². The van der Waals surface area contributed by atoms with Crippen LogP contribution in [0.2, 0.25) is 0 Å². The molecule has 0 aliphatic rings. The molecule has 78 valence electrons. The SMILES string of the molecule is C[C@@H](N)Cc1ccccc1OC(F)F. The van der Waals surface area contributed by atoms with Crippen molar-refractivity contribution in [1.29, 1.82) is 0 Å². The van der Waals surface area contributed by atoms with E-state index in [1.54, 1.807) is 18.2 Å². The number of rotatable bonds is 4. The van der Waals surface area contributed by atoms with Crippen LogP contribution >= 0.6 is 0 Å². The zero-order chi connectivity index (χ0) is 10.6. The standard InChI is InChI=1S/C10H13F2NO/c1-7(13)6-8-4-2-3-5-9(8)14-10(11)12/h2-5,7,10H,6,13H2,1H3/t7-/m1/s1. The van der Waals surface area contributed by atoms with Crippen molar-refractivity contribution in [3.05, 3.63) is 29.8 Å². The lowest BCUT2D eigenvalue weighted by atomic mass is 10.1. The highest BCUT2D eigenvalue weighted by Crippen LogP contribution is 2.21. The van der Waals surface area contributed by atoms with Crippen LogP contribution in [-0.2, 0) is 6.42 Å². The number of halogens is 2. The van der Waals surface area contributed by atoms with Gasteiger partial charge in [0.1, 0.15) is 5.75 Å². The van der Waals surface area contributed by atoms with Gasteiger partial charge in [0.05, 0.1) is 0 Å². The number of benzene rings is 1. The predicted octanol–water partition coefficient (Wildman–Crippen LogP) is 2.18. The Bertz CT molecular complexity index is 260. The first-order chi connectivity index (χ1) is 6.59. The fraction of sp³-hybridized carbons (Fsp3) is 0.400. The molecule has 0 spiro atoms. The van der Waals surface area contributed by atoms with Crippen molar-refractivity contribution in [1.82, 2.24) is 0 Å². The zero-order valence-electron chi connectivity index (χ0n) is 7.91. The summed E-state index contributed by atoms with van der Waals surface area (Å²) in [6.07, 6.45) is 0.531. The summed E-state index contributed by atoms with van der Waals surface area (Å²) in [6.45, 7) is -0.969. The number of ether oxygens (including phenoxy) is 1. The van der Waals surface area contributed by atoms with E-state index >= 15 is 0 Å². The lowest BCUT2D eigenvalue weighted by Gasteiger charge is -2.11. The highest BCUT2D eigenvalue weighted by Gasteiger charge is 2.09. The molecule has 2 nitrogen and oxygen atoms in total. The quantitative estimate of drug-likeness (QED) is 0.810. The molecular formula is C10H13F2NO. The molecule has 0 heterocycles. The van der Waals surface area contributed by atoms with Crippen LogP contribution in [0.15, 0.2) is 24.3 Å².